The molecule has 2 aliphatic heterocycles. The van der Waals surface area contributed by atoms with Crippen molar-refractivity contribution < 1.29 is 0 Å². The molecule has 1 aromatic rings. The minimum absolute atomic E-state index is 0.0450. The Bertz CT molecular complexity index is 728. The number of piperidine rings is 1. The number of likely N-dealkylation sites (tertiary alicyclic amines) is 1. The van der Waals surface area contributed by atoms with Crippen molar-refractivity contribution in [3.05, 3.63) is 16.3 Å². The van der Waals surface area contributed by atoms with Crippen LogP contribution in [0.2, 0.25) is 0 Å². The van der Waals surface area contributed by atoms with Crippen LogP contribution in [0.4, 0.5) is 0 Å². The fraction of sp³-hybridized carbons (Fsp3) is 0.857. The first-order valence-corrected chi connectivity index (χ1v) is 11.4. The largest absolute Gasteiger partial charge is 0.357 e. The molecule has 0 atom stereocenters. The summed E-state index contributed by atoms with van der Waals surface area (Å²) in [5.41, 5.74) is 0.120. The molecule has 0 aromatic carbocycles. The molecule has 0 unspecified atom stereocenters. The van der Waals surface area contributed by atoms with Gasteiger partial charge >= 0.3 is 5.69 Å². The molecule has 1 saturated heterocycles. The minimum Gasteiger partial charge on any atom is -0.357 e. The van der Waals surface area contributed by atoms with Crippen LogP contribution in [0.5, 0.6) is 0 Å². The summed E-state index contributed by atoms with van der Waals surface area (Å²) in [6.07, 6.45) is 7.92. The monoisotopic (exact) mass is 405 g/mol. The quantitative estimate of drug-likeness (QED) is 0.390. The van der Waals surface area contributed by atoms with Crippen LogP contribution in [0.25, 0.3) is 0 Å². The smallest absolute Gasteiger partial charge is 0.345 e. The normalized spacial score (nSPS) is 18.5. The van der Waals surface area contributed by atoms with Crippen molar-refractivity contribution >= 4 is 5.96 Å². The van der Waals surface area contributed by atoms with Gasteiger partial charge in [-0.05, 0) is 66.0 Å². The molecule has 0 spiro atoms. The number of rotatable bonds is 8. The van der Waals surface area contributed by atoms with Crippen LogP contribution in [0.1, 0.15) is 65.1 Å². The zero-order valence-corrected chi connectivity index (χ0v) is 18.5. The first kappa shape index (κ1) is 21.9. The maximum atomic E-state index is 12.4. The highest BCUT2D eigenvalue weighted by atomic mass is 16.2. The van der Waals surface area contributed by atoms with Crippen molar-refractivity contribution in [3.8, 4) is 0 Å². The van der Waals surface area contributed by atoms with Crippen LogP contribution in [-0.4, -0.2) is 63.5 Å². The molecule has 8 heteroatoms. The van der Waals surface area contributed by atoms with Gasteiger partial charge < -0.3 is 10.6 Å². The number of nitrogens with one attached hydrogen (secondary N) is 2. The lowest BCUT2D eigenvalue weighted by Gasteiger charge is -2.40. The molecule has 3 heterocycles. The van der Waals surface area contributed by atoms with E-state index in [-0.39, 0.29) is 11.2 Å². The summed E-state index contributed by atoms with van der Waals surface area (Å²) in [6, 6.07) is 0. The highest BCUT2D eigenvalue weighted by molar-refractivity contribution is 5.79. The average Bonchev–Trinajstić information content (AvgIpc) is 3.06. The molecule has 2 aliphatic rings. The summed E-state index contributed by atoms with van der Waals surface area (Å²) in [4.78, 5) is 19.8. The molecular formula is C21H39N7O. The summed E-state index contributed by atoms with van der Waals surface area (Å²) in [7, 11) is 0. The van der Waals surface area contributed by atoms with Gasteiger partial charge in [0.25, 0.3) is 0 Å². The number of hydrogen-bond donors (Lipinski definition) is 2. The van der Waals surface area contributed by atoms with Crippen molar-refractivity contribution in [2.24, 2.45) is 4.99 Å². The second kappa shape index (κ2) is 10.3. The number of aliphatic imine (C=N–C) groups is 1. The highest BCUT2D eigenvalue weighted by Gasteiger charge is 2.27. The fourth-order valence-electron chi connectivity index (χ4n) is 4.24. The Morgan fingerprint density at radius 3 is 2.59 bits per heavy atom. The summed E-state index contributed by atoms with van der Waals surface area (Å²) in [5.74, 6) is 1.80. The van der Waals surface area contributed by atoms with Crippen LogP contribution in [0.15, 0.2) is 9.79 Å². The summed E-state index contributed by atoms with van der Waals surface area (Å²) in [6.45, 7) is 12.9. The van der Waals surface area contributed by atoms with Crippen molar-refractivity contribution in [1.82, 2.24) is 29.9 Å². The van der Waals surface area contributed by atoms with Crippen LogP contribution in [-0.2, 0) is 19.5 Å². The molecule has 0 aliphatic carbocycles. The Balaban J connectivity index is 1.48. The number of aryl methyl sites for hydroxylation is 2. The van der Waals surface area contributed by atoms with Gasteiger partial charge in [0.1, 0.15) is 5.82 Å². The first-order chi connectivity index (χ1) is 14.0. The van der Waals surface area contributed by atoms with Crippen molar-refractivity contribution in [2.75, 3.05) is 32.7 Å². The van der Waals surface area contributed by atoms with Crippen LogP contribution in [0, 0.1) is 0 Å². The van der Waals surface area contributed by atoms with Crippen molar-refractivity contribution in [2.45, 2.75) is 84.3 Å². The number of hydrogen-bond acceptors (Lipinski definition) is 4. The Morgan fingerprint density at radius 1 is 1.10 bits per heavy atom. The predicted molar refractivity (Wildman–Crippen MR) is 118 cm³/mol. The van der Waals surface area contributed by atoms with E-state index in [0.29, 0.717) is 6.54 Å². The zero-order chi connectivity index (χ0) is 20.7. The maximum absolute atomic E-state index is 12.4. The van der Waals surface area contributed by atoms with Crippen molar-refractivity contribution in [1.29, 1.82) is 0 Å². The van der Waals surface area contributed by atoms with E-state index in [2.05, 4.69) is 41.4 Å². The molecular weight excluding hydrogens is 366 g/mol. The van der Waals surface area contributed by atoms with E-state index in [1.54, 1.807) is 4.68 Å². The number of guanidine groups is 1. The lowest BCUT2D eigenvalue weighted by Crippen LogP contribution is -2.49. The predicted octanol–water partition coefficient (Wildman–Crippen LogP) is 1.59. The molecule has 2 N–H and O–H groups in total. The van der Waals surface area contributed by atoms with Crippen LogP contribution >= 0.6 is 0 Å². The molecule has 0 radical (unpaired) electrons. The second-order valence-electron chi connectivity index (χ2n) is 8.87. The van der Waals surface area contributed by atoms with E-state index in [9.17, 15) is 4.79 Å². The van der Waals surface area contributed by atoms with Gasteiger partial charge in [-0.25, -0.2) is 9.48 Å². The average molecular weight is 406 g/mol. The summed E-state index contributed by atoms with van der Waals surface area (Å²) >= 11 is 0. The fourth-order valence-corrected chi connectivity index (χ4v) is 4.24. The second-order valence-corrected chi connectivity index (χ2v) is 8.87. The van der Waals surface area contributed by atoms with E-state index in [0.717, 1.165) is 63.6 Å². The third-order valence-electron chi connectivity index (χ3n) is 6.05. The van der Waals surface area contributed by atoms with Gasteiger partial charge in [0, 0.05) is 38.1 Å². The lowest BCUT2D eigenvalue weighted by atomic mass is 9.99. The number of nitrogens with zero attached hydrogens (tertiary/aromatic N) is 5. The molecule has 29 heavy (non-hydrogen) atoms. The molecule has 0 amide bonds. The highest BCUT2D eigenvalue weighted by Crippen LogP contribution is 2.20. The van der Waals surface area contributed by atoms with E-state index in [1.807, 2.05) is 4.57 Å². The van der Waals surface area contributed by atoms with E-state index in [4.69, 9.17) is 4.99 Å². The molecule has 1 fully saturated rings. The van der Waals surface area contributed by atoms with Gasteiger partial charge in [-0.2, -0.15) is 5.10 Å². The molecule has 3 rings (SSSR count). The molecule has 164 valence electrons. The SMILES string of the molecule is CCNC(=NCC(C)(C)N1CCCCC1)NCCCn1nc2n(c1=O)CCCC2. The first-order valence-electron chi connectivity index (χ1n) is 11.4. The van der Waals surface area contributed by atoms with Gasteiger partial charge in [-0.15, -0.1) is 0 Å². The summed E-state index contributed by atoms with van der Waals surface area (Å²) in [5, 5.41) is 11.3. The van der Waals surface area contributed by atoms with Gasteiger partial charge in [-0.1, -0.05) is 6.42 Å². The third-order valence-corrected chi connectivity index (χ3v) is 6.05. The Kier molecular flexibility index (Phi) is 7.75. The van der Waals surface area contributed by atoms with Crippen LogP contribution in [0.3, 0.4) is 0 Å². The molecule has 1 aromatic heterocycles. The standard InChI is InChI=1S/C21H39N7O/c1-4-22-19(24-17-21(2,3)26-13-7-5-8-14-26)23-12-10-16-28-20(29)27-15-9-6-11-18(27)25-28/h4-17H2,1-3H3,(H2,22,23,24). The topological polar surface area (TPSA) is 79.5 Å². The van der Waals surface area contributed by atoms with E-state index < -0.39 is 0 Å². The molecule has 8 nitrogen and oxygen atoms in total. The van der Waals surface area contributed by atoms with Gasteiger partial charge in [0.2, 0.25) is 0 Å². The van der Waals surface area contributed by atoms with Gasteiger partial charge in [0.15, 0.2) is 5.96 Å². The number of fused-ring (bicyclic) bond motifs is 1. The third kappa shape index (κ3) is 5.84. The van der Waals surface area contributed by atoms with E-state index >= 15 is 0 Å². The Morgan fingerprint density at radius 2 is 1.86 bits per heavy atom. The van der Waals surface area contributed by atoms with Crippen molar-refractivity contribution in [3.63, 3.8) is 0 Å². The van der Waals surface area contributed by atoms with Gasteiger partial charge in [-0.3, -0.25) is 14.5 Å². The Hall–Kier alpha value is -1.83. The van der Waals surface area contributed by atoms with Gasteiger partial charge in [0.05, 0.1) is 6.54 Å². The maximum Gasteiger partial charge on any atom is 0.345 e. The zero-order valence-electron chi connectivity index (χ0n) is 18.5. The molecule has 0 bridgehead atoms. The lowest BCUT2D eigenvalue weighted by molar-refractivity contribution is 0.102. The molecule has 0 saturated carbocycles. The van der Waals surface area contributed by atoms with Crippen LogP contribution < -0.4 is 16.3 Å². The Labute approximate surface area is 174 Å². The van der Waals surface area contributed by atoms with E-state index in [1.165, 1.54) is 32.4 Å². The summed E-state index contributed by atoms with van der Waals surface area (Å²) < 4.78 is 3.47. The number of aromatic nitrogens is 3. The minimum atomic E-state index is 0.0450.